The molecule has 32 heavy (non-hydrogen) atoms. The Morgan fingerprint density at radius 1 is 0.812 bits per heavy atom. The summed E-state index contributed by atoms with van der Waals surface area (Å²) in [6, 6.07) is 10.9. The molecule has 2 aromatic rings. The average Bonchev–Trinajstić information content (AvgIpc) is 2.71. The van der Waals surface area contributed by atoms with Crippen LogP contribution in [0.4, 0.5) is 11.4 Å². The number of aryl methyl sites for hydroxylation is 3. The highest BCUT2D eigenvalue weighted by Crippen LogP contribution is 2.21. The zero-order valence-electron chi connectivity index (χ0n) is 19.9. The van der Waals surface area contributed by atoms with E-state index in [0.717, 1.165) is 22.4 Å². The van der Waals surface area contributed by atoms with Crippen molar-refractivity contribution >= 4 is 29.1 Å². The third-order valence-corrected chi connectivity index (χ3v) is 5.23. The average molecular weight is 439 g/mol. The Morgan fingerprint density at radius 3 is 1.81 bits per heavy atom. The predicted octanol–water partition coefficient (Wildman–Crippen LogP) is 3.60. The molecule has 0 heterocycles. The van der Waals surface area contributed by atoms with E-state index in [2.05, 4.69) is 10.6 Å². The Labute approximate surface area is 190 Å². The van der Waals surface area contributed by atoms with E-state index < -0.39 is 0 Å². The molecule has 0 spiro atoms. The summed E-state index contributed by atoms with van der Waals surface area (Å²) in [6.07, 6.45) is 0. The first-order valence-corrected chi connectivity index (χ1v) is 10.9. The molecule has 0 bridgehead atoms. The lowest BCUT2D eigenvalue weighted by molar-refractivity contribution is -0.119. The molecule has 0 fully saturated rings. The maximum Gasteiger partial charge on any atom is 0.253 e. The molecule has 172 valence electrons. The summed E-state index contributed by atoms with van der Waals surface area (Å²) in [5.41, 5.74) is 5.19. The van der Waals surface area contributed by atoms with Crippen LogP contribution < -0.4 is 10.6 Å². The molecule has 2 N–H and O–H groups in total. The highest BCUT2D eigenvalue weighted by atomic mass is 16.2. The van der Waals surface area contributed by atoms with Crippen molar-refractivity contribution in [2.45, 2.75) is 34.6 Å². The Bertz CT molecular complexity index is 943. The molecule has 0 aromatic heterocycles. The van der Waals surface area contributed by atoms with E-state index in [1.807, 2.05) is 46.8 Å². The molecule has 0 saturated carbocycles. The number of hydrogen-bond donors (Lipinski definition) is 2. The molecule has 2 aromatic carbocycles. The van der Waals surface area contributed by atoms with Crippen molar-refractivity contribution in [1.29, 1.82) is 0 Å². The third-order valence-electron chi connectivity index (χ3n) is 5.23. The number of rotatable bonds is 9. The molecule has 7 heteroatoms. The second kappa shape index (κ2) is 11.4. The van der Waals surface area contributed by atoms with Crippen molar-refractivity contribution in [3.05, 3.63) is 58.7 Å². The molecular formula is C25H34N4O3. The summed E-state index contributed by atoms with van der Waals surface area (Å²) in [5.74, 6) is -0.432. The molecule has 0 aliphatic carbocycles. The van der Waals surface area contributed by atoms with Gasteiger partial charge >= 0.3 is 0 Å². The molecule has 0 atom stereocenters. The van der Waals surface area contributed by atoms with Crippen LogP contribution in [0.1, 0.15) is 40.9 Å². The van der Waals surface area contributed by atoms with Crippen molar-refractivity contribution in [2.75, 3.05) is 43.9 Å². The Morgan fingerprint density at radius 2 is 1.31 bits per heavy atom. The lowest BCUT2D eigenvalue weighted by Crippen LogP contribution is -2.36. The van der Waals surface area contributed by atoms with E-state index in [-0.39, 0.29) is 30.8 Å². The second-order valence-electron chi connectivity index (χ2n) is 8.10. The van der Waals surface area contributed by atoms with Crippen LogP contribution in [0.3, 0.4) is 0 Å². The molecule has 0 unspecified atom stereocenters. The van der Waals surface area contributed by atoms with E-state index in [1.165, 1.54) is 0 Å². The molecule has 0 aliphatic heterocycles. The van der Waals surface area contributed by atoms with Gasteiger partial charge in [0, 0.05) is 30.0 Å². The molecule has 3 amide bonds. The normalized spacial score (nSPS) is 10.7. The van der Waals surface area contributed by atoms with Gasteiger partial charge < -0.3 is 15.5 Å². The van der Waals surface area contributed by atoms with Gasteiger partial charge in [0.15, 0.2) is 0 Å². The maximum absolute atomic E-state index is 12.4. The van der Waals surface area contributed by atoms with Gasteiger partial charge in [-0.05, 0) is 77.1 Å². The van der Waals surface area contributed by atoms with Crippen LogP contribution in [0.5, 0.6) is 0 Å². The van der Waals surface area contributed by atoms with Crippen molar-refractivity contribution < 1.29 is 14.4 Å². The number of anilines is 2. The van der Waals surface area contributed by atoms with Crippen LogP contribution in [-0.4, -0.2) is 60.7 Å². The standard InChI is InChI=1S/C25H34N4O3/c1-7-29(8-2)25(32)20-9-11-21(12-10-20)26-22(30)15-28(6)16-23(31)27-24-18(4)13-17(3)14-19(24)5/h9-14H,7-8,15-16H2,1-6H3,(H,26,30)(H,27,31). The monoisotopic (exact) mass is 438 g/mol. The van der Waals surface area contributed by atoms with Gasteiger partial charge in [0.1, 0.15) is 0 Å². The minimum absolute atomic E-state index is 0.0299. The number of hydrogen-bond acceptors (Lipinski definition) is 4. The second-order valence-corrected chi connectivity index (χ2v) is 8.10. The van der Waals surface area contributed by atoms with Crippen molar-refractivity contribution in [3.8, 4) is 0 Å². The van der Waals surface area contributed by atoms with E-state index in [0.29, 0.717) is 24.3 Å². The lowest BCUT2D eigenvalue weighted by Gasteiger charge is -2.19. The number of carbonyl (C=O) groups is 3. The smallest absolute Gasteiger partial charge is 0.253 e. The van der Waals surface area contributed by atoms with Crippen LogP contribution in [0.25, 0.3) is 0 Å². The first kappa shape index (κ1) is 25.1. The number of carbonyl (C=O) groups excluding carboxylic acids is 3. The minimum atomic E-state index is -0.231. The number of nitrogens with one attached hydrogen (secondary N) is 2. The summed E-state index contributed by atoms with van der Waals surface area (Å²) >= 11 is 0. The molecule has 0 aliphatic rings. The minimum Gasteiger partial charge on any atom is -0.339 e. The predicted molar refractivity (Wildman–Crippen MR) is 129 cm³/mol. The summed E-state index contributed by atoms with van der Waals surface area (Å²) < 4.78 is 0. The fourth-order valence-corrected chi connectivity index (χ4v) is 3.69. The molecule has 2 rings (SSSR count). The van der Waals surface area contributed by atoms with E-state index in [1.54, 1.807) is 41.1 Å². The van der Waals surface area contributed by atoms with Crippen LogP contribution in [0.2, 0.25) is 0 Å². The zero-order valence-corrected chi connectivity index (χ0v) is 19.9. The fourth-order valence-electron chi connectivity index (χ4n) is 3.69. The van der Waals surface area contributed by atoms with Crippen molar-refractivity contribution in [3.63, 3.8) is 0 Å². The van der Waals surface area contributed by atoms with E-state index >= 15 is 0 Å². The molecule has 0 saturated heterocycles. The zero-order chi connectivity index (χ0) is 23.8. The first-order chi connectivity index (χ1) is 15.1. The third kappa shape index (κ3) is 6.92. The number of amides is 3. The van der Waals surface area contributed by atoms with Gasteiger partial charge in [-0.15, -0.1) is 0 Å². The van der Waals surface area contributed by atoms with Crippen LogP contribution in [0, 0.1) is 20.8 Å². The molecule has 7 nitrogen and oxygen atoms in total. The van der Waals surface area contributed by atoms with Gasteiger partial charge in [-0.1, -0.05) is 17.7 Å². The Hall–Kier alpha value is -3.19. The first-order valence-electron chi connectivity index (χ1n) is 10.9. The Balaban J connectivity index is 1.87. The van der Waals surface area contributed by atoms with Crippen molar-refractivity contribution in [1.82, 2.24) is 9.80 Å². The highest BCUT2D eigenvalue weighted by molar-refractivity contribution is 5.97. The van der Waals surface area contributed by atoms with Crippen LogP contribution in [0.15, 0.2) is 36.4 Å². The fraction of sp³-hybridized carbons (Fsp3) is 0.400. The lowest BCUT2D eigenvalue weighted by atomic mass is 10.1. The maximum atomic E-state index is 12.4. The van der Waals surface area contributed by atoms with Gasteiger partial charge in [0.25, 0.3) is 5.91 Å². The van der Waals surface area contributed by atoms with E-state index in [4.69, 9.17) is 0 Å². The molecule has 0 radical (unpaired) electrons. The van der Waals surface area contributed by atoms with Crippen molar-refractivity contribution in [2.24, 2.45) is 0 Å². The summed E-state index contributed by atoms with van der Waals surface area (Å²) in [6.45, 7) is 11.3. The van der Waals surface area contributed by atoms with Gasteiger partial charge in [-0.3, -0.25) is 19.3 Å². The van der Waals surface area contributed by atoms with Gasteiger partial charge in [-0.2, -0.15) is 0 Å². The Kier molecular flexibility index (Phi) is 8.96. The van der Waals surface area contributed by atoms with Gasteiger partial charge in [-0.25, -0.2) is 0 Å². The summed E-state index contributed by atoms with van der Waals surface area (Å²) in [4.78, 5) is 40.6. The summed E-state index contributed by atoms with van der Waals surface area (Å²) in [7, 11) is 1.72. The number of nitrogens with zero attached hydrogens (tertiary/aromatic N) is 2. The van der Waals surface area contributed by atoms with Crippen LogP contribution >= 0.6 is 0 Å². The largest absolute Gasteiger partial charge is 0.339 e. The van der Waals surface area contributed by atoms with E-state index in [9.17, 15) is 14.4 Å². The highest BCUT2D eigenvalue weighted by Gasteiger charge is 2.15. The van der Waals surface area contributed by atoms with Gasteiger partial charge in [0.05, 0.1) is 13.1 Å². The SMILES string of the molecule is CCN(CC)C(=O)c1ccc(NC(=O)CN(C)CC(=O)Nc2c(C)cc(C)cc2C)cc1. The topological polar surface area (TPSA) is 81.8 Å². The number of likely N-dealkylation sites (N-methyl/N-ethyl adjacent to an activating group) is 1. The van der Waals surface area contributed by atoms with Crippen LogP contribution in [-0.2, 0) is 9.59 Å². The quantitative estimate of drug-likeness (QED) is 0.627. The van der Waals surface area contributed by atoms with Gasteiger partial charge in [0.2, 0.25) is 11.8 Å². The summed E-state index contributed by atoms with van der Waals surface area (Å²) in [5, 5.41) is 5.75. The number of benzene rings is 2. The molecular weight excluding hydrogens is 404 g/mol.